The van der Waals surface area contributed by atoms with E-state index in [9.17, 15) is 19.2 Å². The lowest BCUT2D eigenvalue weighted by Gasteiger charge is -2.23. The predicted octanol–water partition coefficient (Wildman–Crippen LogP) is -0.702. The quantitative estimate of drug-likeness (QED) is 0.582. The fourth-order valence-corrected chi connectivity index (χ4v) is 3.50. The maximum atomic E-state index is 12.4. The number of rotatable bonds is 2. The third-order valence-corrected chi connectivity index (χ3v) is 4.73. The number of nitrogens with one attached hydrogen (secondary N) is 2. The van der Waals surface area contributed by atoms with Crippen molar-refractivity contribution in [1.29, 1.82) is 0 Å². The van der Waals surface area contributed by atoms with Gasteiger partial charge in [0.25, 0.3) is 5.91 Å². The lowest BCUT2D eigenvalue weighted by molar-refractivity contribution is -0.141. The van der Waals surface area contributed by atoms with Crippen LogP contribution in [0.15, 0.2) is 0 Å². The summed E-state index contributed by atoms with van der Waals surface area (Å²) in [6.45, 7) is 0.568. The van der Waals surface area contributed by atoms with E-state index in [4.69, 9.17) is 5.11 Å². The van der Waals surface area contributed by atoms with E-state index in [1.165, 1.54) is 0 Å². The van der Waals surface area contributed by atoms with Gasteiger partial charge in [-0.05, 0) is 25.7 Å². The van der Waals surface area contributed by atoms with E-state index in [0.29, 0.717) is 32.2 Å². The number of carbonyl (C=O) groups is 4. The molecule has 0 aromatic carbocycles. The van der Waals surface area contributed by atoms with Crippen molar-refractivity contribution in [3.8, 4) is 0 Å². The lowest BCUT2D eigenvalue weighted by atomic mass is 9.99. The van der Waals surface area contributed by atoms with Gasteiger partial charge in [0.15, 0.2) is 0 Å². The molecule has 0 radical (unpaired) electrons. The number of imide groups is 1. The summed E-state index contributed by atoms with van der Waals surface area (Å²) in [6, 6.07) is -0.527. The van der Waals surface area contributed by atoms with Gasteiger partial charge in [0.1, 0.15) is 5.54 Å². The highest BCUT2D eigenvalue weighted by Gasteiger charge is 2.52. The van der Waals surface area contributed by atoms with Crippen LogP contribution in [-0.2, 0) is 14.4 Å². The Morgan fingerprint density at radius 3 is 2.52 bits per heavy atom. The summed E-state index contributed by atoms with van der Waals surface area (Å²) in [7, 11) is 0. The molecule has 4 amide bonds. The van der Waals surface area contributed by atoms with Gasteiger partial charge in [-0.3, -0.25) is 19.7 Å². The number of carbonyl (C=O) groups excluding carboxylic acids is 3. The van der Waals surface area contributed by atoms with Crippen molar-refractivity contribution in [1.82, 2.24) is 15.5 Å². The molecule has 0 aromatic rings. The molecular formula is C13H17N3O5. The highest BCUT2D eigenvalue weighted by atomic mass is 16.4. The van der Waals surface area contributed by atoms with E-state index >= 15 is 0 Å². The summed E-state index contributed by atoms with van der Waals surface area (Å²) < 4.78 is 0. The Morgan fingerprint density at radius 2 is 1.95 bits per heavy atom. The van der Waals surface area contributed by atoms with E-state index in [2.05, 4.69) is 10.6 Å². The molecular weight excluding hydrogens is 278 g/mol. The first-order valence-corrected chi connectivity index (χ1v) is 7.06. The minimum atomic E-state index is -1.00. The molecule has 21 heavy (non-hydrogen) atoms. The molecule has 2 saturated heterocycles. The number of carboxylic acid groups (broad SMARTS) is 1. The Kier molecular flexibility index (Phi) is 3.11. The van der Waals surface area contributed by atoms with Crippen LogP contribution in [-0.4, -0.2) is 52.4 Å². The van der Waals surface area contributed by atoms with Crippen molar-refractivity contribution in [3.05, 3.63) is 0 Å². The molecule has 114 valence electrons. The number of urea groups is 1. The molecule has 2 aliphatic heterocycles. The van der Waals surface area contributed by atoms with Crippen LogP contribution in [0, 0.1) is 11.8 Å². The SMILES string of the molecule is O=C1NC(=O)C2(CCN(C(=O)[C@@H]3CC[C@H](C(=O)O)C3)C2)N1. The molecule has 8 heteroatoms. The number of hydrogen-bond donors (Lipinski definition) is 3. The predicted molar refractivity (Wildman–Crippen MR) is 69.1 cm³/mol. The second kappa shape index (κ2) is 4.71. The average molecular weight is 295 g/mol. The topological polar surface area (TPSA) is 116 Å². The van der Waals surface area contributed by atoms with Gasteiger partial charge in [-0.25, -0.2) is 4.79 Å². The first kappa shape index (κ1) is 13.8. The van der Waals surface area contributed by atoms with Crippen molar-refractivity contribution in [2.45, 2.75) is 31.2 Å². The fraction of sp³-hybridized carbons (Fsp3) is 0.692. The second-order valence-corrected chi connectivity index (χ2v) is 6.05. The first-order valence-electron chi connectivity index (χ1n) is 7.06. The van der Waals surface area contributed by atoms with Crippen molar-refractivity contribution in [3.63, 3.8) is 0 Å². The third kappa shape index (κ3) is 2.24. The number of likely N-dealkylation sites (tertiary alicyclic amines) is 1. The van der Waals surface area contributed by atoms with E-state index < -0.39 is 29.4 Å². The maximum Gasteiger partial charge on any atom is 0.322 e. The standard InChI is InChI=1S/C13H17N3O5/c17-9(7-1-2-8(5-7)10(18)19)16-4-3-13(6-16)11(20)14-12(21)15-13/h7-8H,1-6H2,(H,18,19)(H2,14,15,20,21)/t7-,8+,13?/m1/s1. The Bertz CT molecular complexity index is 534. The zero-order valence-electron chi connectivity index (χ0n) is 11.4. The van der Waals surface area contributed by atoms with Crippen LogP contribution in [0.4, 0.5) is 4.79 Å². The molecule has 3 N–H and O–H groups in total. The largest absolute Gasteiger partial charge is 0.481 e. The van der Waals surface area contributed by atoms with E-state index in [1.54, 1.807) is 4.90 Å². The molecule has 1 spiro atoms. The summed E-state index contributed by atoms with van der Waals surface area (Å²) in [5.74, 6) is -2.10. The minimum absolute atomic E-state index is 0.107. The normalized spacial score (nSPS) is 35.1. The molecule has 0 aromatic heterocycles. The van der Waals surface area contributed by atoms with Gasteiger partial charge in [0.05, 0.1) is 12.5 Å². The highest BCUT2D eigenvalue weighted by molar-refractivity contribution is 6.07. The summed E-state index contributed by atoms with van der Waals surface area (Å²) in [4.78, 5) is 48.0. The molecule has 1 aliphatic carbocycles. The summed E-state index contributed by atoms with van der Waals surface area (Å²) in [5.41, 5.74) is -1.00. The van der Waals surface area contributed by atoms with Crippen LogP contribution in [0.25, 0.3) is 0 Å². The van der Waals surface area contributed by atoms with Crippen LogP contribution in [0.1, 0.15) is 25.7 Å². The molecule has 3 fully saturated rings. The van der Waals surface area contributed by atoms with E-state index in [0.717, 1.165) is 0 Å². The van der Waals surface area contributed by atoms with Gasteiger partial charge in [-0.2, -0.15) is 0 Å². The monoisotopic (exact) mass is 295 g/mol. The van der Waals surface area contributed by atoms with Crippen LogP contribution in [0.2, 0.25) is 0 Å². The number of nitrogens with zero attached hydrogens (tertiary/aromatic N) is 1. The van der Waals surface area contributed by atoms with Crippen LogP contribution >= 0.6 is 0 Å². The fourth-order valence-electron chi connectivity index (χ4n) is 3.50. The van der Waals surface area contributed by atoms with Crippen LogP contribution in [0.3, 0.4) is 0 Å². The molecule has 8 nitrogen and oxygen atoms in total. The zero-order chi connectivity index (χ0) is 15.2. The van der Waals surface area contributed by atoms with Crippen molar-refractivity contribution >= 4 is 23.8 Å². The zero-order valence-corrected chi connectivity index (χ0v) is 11.4. The third-order valence-electron chi connectivity index (χ3n) is 4.73. The van der Waals surface area contributed by atoms with Gasteiger partial charge in [-0.15, -0.1) is 0 Å². The number of aliphatic carboxylic acids is 1. The van der Waals surface area contributed by atoms with Gasteiger partial charge < -0.3 is 15.3 Å². The second-order valence-electron chi connectivity index (χ2n) is 6.05. The number of hydrogen-bond acceptors (Lipinski definition) is 4. The highest BCUT2D eigenvalue weighted by Crippen LogP contribution is 2.34. The van der Waals surface area contributed by atoms with Gasteiger partial charge in [0.2, 0.25) is 5.91 Å². The Hall–Kier alpha value is -2.12. The average Bonchev–Trinajstić information content (AvgIpc) is 3.10. The molecule has 3 atom stereocenters. The van der Waals surface area contributed by atoms with Crippen molar-refractivity contribution in [2.24, 2.45) is 11.8 Å². The molecule has 3 aliphatic rings. The Balaban J connectivity index is 1.64. The van der Waals surface area contributed by atoms with Crippen LogP contribution in [0.5, 0.6) is 0 Å². The summed E-state index contributed by atoms with van der Waals surface area (Å²) in [6.07, 6.45) is 1.83. The van der Waals surface area contributed by atoms with Gasteiger partial charge in [-0.1, -0.05) is 0 Å². The number of amides is 4. The maximum absolute atomic E-state index is 12.4. The Morgan fingerprint density at radius 1 is 1.24 bits per heavy atom. The van der Waals surface area contributed by atoms with E-state index in [-0.39, 0.29) is 18.4 Å². The van der Waals surface area contributed by atoms with Gasteiger partial charge >= 0.3 is 12.0 Å². The smallest absolute Gasteiger partial charge is 0.322 e. The molecule has 2 heterocycles. The van der Waals surface area contributed by atoms with Gasteiger partial charge in [0, 0.05) is 12.5 Å². The summed E-state index contributed by atoms with van der Waals surface area (Å²) in [5, 5.41) is 13.8. The van der Waals surface area contributed by atoms with Crippen LogP contribution < -0.4 is 10.6 Å². The van der Waals surface area contributed by atoms with E-state index in [1.807, 2.05) is 0 Å². The molecule has 0 bridgehead atoms. The first-order chi connectivity index (χ1) is 9.91. The molecule has 3 rings (SSSR count). The molecule has 1 unspecified atom stereocenters. The number of carboxylic acids is 1. The van der Waals surface area contributed by atoms with Crippen molar-refractivity contribution < 1.29 is 24.3 Å². The van der Waals surface area contributed by atoms with Crippen molar-refractivity contribution in [2.75, 3.05) is 13.1 Å². The Labute approximate surface area is 120 Å². The lowest BCUT2D eigenvalue weighted by Crippen LogP contribution is -2.50. The minimum Gasteiger partial charge on any atom is -0.481 e. The molecule has 1 saturated carbocycles. The summed E-state index contributed by atoms with van der Waals surface area (Å²) >= 11 is 0.